The first-order valence-electron chi connectivity index (χ1n) is 6.05. The number of rotatable bonds is 4. The number of nitrogens with one attached hydrogen (secondary N) is 1. The number of halogens is 2. The second-order valence-electron chi connectivity index (χ2n) is 4.63. The Hall–Kier alpha value is -0.690. The van der Waals surface area contributed by atoms with Gasteiger partial charge in [-0.3, -0.25) is 0 Å². The molecule has 4 nitrogen and oxygen atoms in total. The average Bonchev–Trinajstić information content (AvgIpc) is 2.82. The van der Waals surface area contributed by atoms with E-state index in [-0.39, 0.29) is 15.8 Å². The van der Waals surface area contributed by atoms with Crippen molar-refractivity contribution in [2.45, 2.75) is 11.3 Å². The zero-order valence-corrected chi connectivity index (χ0v) is 12.1. The van der Waals surface area contributed by atoms with Crippen LogP contribution in [0.25, 0.3) is 0 Å². The summed E-state index contributed by atoms with van der Waals surface area (Å²) >= 11 is 5.64. The molecule has 1 saturated heterocycles. The summed E-state index contributed by atoms with van der Waals surface area (Å²) < 4.78 is 39.9. The molecule has 1 fully saturated rings. The molecule has 1 aliphatic heterocycles. The first kappa shape index (κ1) is 14.7. The molecule has 7 heteroatoms. The second-order valence-corrected chi connectivity index (χ2v) is 6.94. The van der Waals surface area contributed by atoms with Gasteiger partial charge in [-0.05, 0) is 38.1 Å². The van der Waals surface area contributed by atoms with Crippen LogP contribution in [0.3, 0.4) is 0 Å². The van der Waals surface area contributed by atoms with Crippen LogP contribution in [-0.2, 0) is 10.0 Å². The number of hydrogen-bond donors (Lipinski definition) is 1. The maximum Gasteiger partial charge on any atom is 0.246 e. The van der Waals surface area contributed by atoms with Crippen molar-refractivity contribution in [3.63, 3.8) is 0 Å². The third kappa shape index (κ3) is 2.91. The molecule has 1 aliphatic rings. The smallest absolute Gasteiger partial charge is 0.246 e. The van der Waals surface area contributed by atoms with Crippen molar-refractivity contribution in [2.24, 2.45) is 5.92 Å². The molecule has 0 aromatic heterocycles. The van der Waals surface area contributed by atoms with Crippen LogP contribution >= 0.6 is 11.6 Å². The minimum Gasteiger partial charge on any atom is -0.319 e. The summed E-state index contributed by atoms with van der Waals surface area (Å²) in [6.07, 6.45) is 0.780. The van der Waals surface area contributed by atoms with E-state index in [1.165, 1.54) is 22.5 Å². The minimum atomic E-state index is -3.80. The molecule has 0 aliphatic carbocycles. The van der Waals surface area contributed by atoms with Crippen LogP contribution in [0.15, 0.2) is 23.1 Å². The zero-order valence-electron chi connectivity index (χ0n) is 10.6. The highest BCUT2D eigenvalue weighted by molar-refractivity contribution is 7.89. The Morgan fingerprint density at radius 3 is 2.95 bits per heavy atom. The Morgan fingerprint density at radius 1 is 1.53 bits per heavy atom. The standard InChI is InChI=1S/C12H16ClFN2O2S/c1-15-7-9-5-6-16(8-9)19(17,18)11-4-2-3-10(13)12(11)14/h2-4,9,15H,5-8H2,1H3/t9-/m0/s1. The van der Waals surface area contributed by atoms with Crippen molar-refractivity contribution in [3.05, 3.63) is 29.0 Å². The fraction of sp³-hybridized carbons (Fsp3) is 0.500. The molecule has 0 amide bonds. The number of hydrogen-bond acceptors (Lipinski definition) is 3. The minimum absolute atomic E-state index is 0.174. The van der Waals surface area contributed by atoms with Gasteiger partial charge >= 0.3 is 0 Å². The van der Waals surface area contributed by atoms with Gasteiger partial charge in [0.25, 0.3) is 0 Å². The van der Waals surface area contributed by atoms with Gasteiger partial charge in [-0.25, -0.2) is 12.8 Å². The third-order valence-electron chi connectivity index (χ3n) is 3.28. The Labute approximate surface area is 117 Å². The van der Waals surface area contributed by atoms with Crippen molar-refractivity contribution in [1.82, 2.24) is 9.62 Å². The number of nitrogens with zero attached hydrogens (tertiary/aromatic N) is 1. The van der Waals surface area contributed by atoms with E-state index in [2.05, 4.69) is 5.32 Å². The lowest BCUT2D eigenvalue weighted by Crippen LogP contribution is -2.31. The summed E-state index contributed by atoms with van der Waals surface area (Å²) in [5, 5.41) is 2.85. The fourth-order valence-electron chi connectivity index (χ4n) is 2.29. The molecule has 1 N–H and O–H groups in total. The Balaban J connectivity index is 2.26. The van der Waals surface area contributed by atoms with Gasteiger partial charge in [-0.1, -0.05) is 17.7 Å². The molecule has 19 heavy (non-hydrogen) atoms. The van der Waals surface area contributed by atoms with Crippen molar-refractivity contribution in [2.75, 3.05) is 26.7 Å². The van der Waals surface area contributed by atoms with Crippen molar-refractivity contribution in [1.29, 1.82) is 0 Å². The predicted molar refractivity (Wildman–Crippen MR) is 72.2 cm³/mol. The van der Waals surface area contributed by atoms with E-state index in [1.807, 2.05) is 7.05 Å². The summed E-state index contributed by atoms with van der Waals surface area (Å²) in [6.45, 7) is 1.58. The highest BCUT2D eigenvalue weighted by atomic mass is 35.5. The van der Waals surface area contributed by atoms with Gasteiger partial charge in [0.05, 0.1) is 5.02 Å². The first-order valence-corrected chi connectivity index (χ1v) is 7.87. The molecular weight excluding hydrogens is 291 g/mol. The molecule has 2 rings (SSSR count). The van der Waals surface area contributed by atoms with E-state index in [9.17, 15) is 12.8 Å². The second kappa shape index (κ2) is 5.75. The highest BCUT2D eigenvalue weighted by Crippen LogP contribution is 2.28. The molecule has 106 valence electrons. The average molecular weight is 307 g/mol. The molecule has 1 aromatic rings. The van der Waals surface area contributed by atoms with E-state index < -0.39 is 15.8 Å². The zero-order chi connectivity index (χ0) is 14.0. The SMILES string of the molecule is CNC[C@@H]1CCN(S(=O)(=O)c2cccc(Cl)c2F)C1. The van der Waals surface area contributed by atoms with E-state index >= 15 is 0 Å². The maximum absolute atomic E-state index is 13.8. The van der Waals surface area contributed by atoms with Gasteiger partial charge in [-0.15, -0.1) is 0 Å². The first-order chi connectivity index (χ1) is 8.96. The van der Waals surface area contributed by atoms with Crippen molar-refractivity contribution < 1.29 is 12.8 Å². The highest BCUT2D eigenvalue weighted by Gasteiger charge is 2.34. The maximum atomic E-state index is 13.8. The van der Waals surface area contributed by atoms with E-state index in [1.54, 1.807) is 0 Å². The largest absolute Gasteiger partial charge is 0.319 e. The van der Waals surface area contributed by atoms with Gasteiger partial charge in [0.2, 0.25) is 10.0 Å². The molecule has 1 aromatic carbocycles. The van der Waals surface area contributed by atoms with Crippen LogP contribution < -0.4 is 5.32 Å². The monoisotopic (exact) mass is 306 g/mol. The quantitative estimate of drug-likeness (QED) is 0.921. The van der Waals surface area contributed by atoms with Gasteiger partial charge in [-0.2, -0.15) is 4.31 Å². The van der Waals surface area contributed by atoms with Crippen LogP contribution in [-0.4, -0.2) is 39.4 Å². The van der Waals surface area contributed by atoms with Gasteiger partial charge in [0.1, 0.15) is 4.90 Å². The van der Waals surface area contributed by atoms with Crippen LogP contribution in [0.5, 0.6) is 0 Å². The van der Waals surface area contributed by atoms with E-state index in [4.69, 9.17) is 11.6 Å². The Kier molecular flexibility index (Phi) is 4.45. The lowest BCUT2D eigenvalue weighted by molar-refractivity contribution is 0.446. The summed E-state index contributed by atoms with van der Waals surface area (Å²) in [7, 11) is -1.97. The fourth-order valence-corrected chi connectivity index (χ4v) is 4.14. The van der Waals surface area contributed by atoms with E-state index in [0.717, 1.165) is 13.0 Å². The van der Waals surface area contributed by atoms with Gasteiger partial charge < -0.3 is 5.32 Å². The summed E-state index contributed by atoms with van der Waals surface area (Å²) in [5.41, 5.74) is 0. The summed E-state index contributed by atoms with van der Waals surface area (Å²) in [6, 6.07) is 4.03. The molecule has 0 radical (unpaired) electrons. The molecule has 0 unspecified atom stereocenters. The topological polar surface area (TPSA) is 49.4 Å². The molecular formula is C12H16ClFN2O2S. The summed E-state index contributed by atoms with van der Waals surface area (Å²) in [4.78, 5) is -0.342. The van der Waals surface area contributed by atoms with Crippen LogP contribution in [0, 0.1) is 11.7 Å². The van der Waals surface area contributed by atoms with Gasteiger partial charge in [0, 0.05) is 13.1 Å². The number of benzene rings is 1. The molecule has 1 heterocycles. The molecule has 0 saturated carbocycles. The Bertz CT molecular complexity index is 565. The van der Waals surface area contributed by atoms with E-state index in [0.29, 0.717) is 13.1 Å². The lowest BCUT2D eigenvalue weighted by Gasteiger charge is -2.17. The van der Waals surface area contributed by atoms with Crippen LogP contribution in [0.4, 0.5) is 4.39 Å². The molecule has 0 spiro atoms. The predicted octanol–water partition coefficient (Wildman–Crippen LogP) is 1.71. The third-order valence-corrected chi connectivity index (χ3v) is 5.45. The van der Waals surface area contributed by atoms with Gasteiger partial charge in [0.15, 0.2) is 5.82 Å². The van der Waals surface area contributed by atoms with Crippen LogP contribution in [0.1, 0.15) is 6.42 Å². The summed E-state index contributed by atoms with van der Waals surface area (Å²) in [5.74, 6) is -0.608. The van der Waals surface area contributed by atoms with Crippen molar-refractivity contribution in [3.8, 4) is 0 Å². The lowest BCUT2D eigenvalue weighted by atomic mass is 10.1. The molecule has 0 bridgehead atoms. The number of sulfonamides is 1. The van der Waals surface area contributed by atoms with Crippen LogP contribution in [0.2, 0.25) is 5.02 Å². The normalized spacial score (nSPS) is 20.9. The molecule has 1 atom stereocenters. The van der Waals surface area contributed by atoms with Crippen molar-refractivity contribution >= 4 is 21.6 Å². The Morgan fingerprint density at radius 2 is 2.26 bits per heavy atom.